The van der Waals surface area contributed by atoms with Crippen molar-refractivity contribution in [1.82, 2.24) is 4.73 Å². The number of ether oxygens (including phenoxy) is 2. The van der Waals surface area contributed by atoms with Crippen LogP contribution in [0, 0.1) is 17.0 Å². The molecular formula is C17H20N2O4. The van der Waals surface area contributed by atoms with Gasteiger partial charge in [0, 0.05) is 11.3 Å². The summed E-state index contributed by atoms with van der Waals surface area (Å²) in [7, 11) is 3.10. The van der Waals surface area contributed by atoms with E-state index >= 15 is 0 Å². The second-order valence-corrected chi connectivity index (χ2v) is 5.69. The highest BCUT2D eigenvalue weighted by atomic mass is 16.5. The van der Waals surface area contributed by atoms with E-state index in [1.54, 1.807) is 39.3 Å². The normalized spacial score (nSPS) is 13.5. The molecule has 0 fully saturated rings. The van der Waals surface area contributed by atoms with Crippen LogP contribution in [-0.4, -0.2) is 19.0 Å². The molecule has 122 valence electrons. The Morgan fingerprint density at radius 2 is 1.91 bits per heavy atom. The van der Waals surface area contributed by atoms with Crippen molar-refractivity contribution < 1.29 is 13.9 Å². The molecule has 1 aromatic carbocycles. The maximum Gasteiger partial charge on any atom is 0.292 e. The van der Waals surface area contributed by atoms with Gasteiger partial charge in [0.2, 0.25) is 0 Å². The van der Waals surface area contributed by atoms with Crippen molar-refractivity contribution in [3.05, 3.63) is 45.4 Å². The first-order valence-corrected chi connectivity index (χ1v) is 7.68. The molecule has 6 heteroatoms. The Kier molecular flexibility index (Phi) is 3.98. The maximum atomic E-state index is 12.9. The van der Waals surface area contributed by atoms with Gasteiger partial charge in [-0.3, -0.25) is 0 Å². The van der Waals surface area contributed by atoms with E-state index in [0.717, 1.165) is 22.0 Å². The van der Waals surface area contributed by atoms with Crippen LogP contribution in [-0.2, 0) is 12.8 Å². The molecule has 0 amide bonds. The molecule has 1 heterocycles. The van der Waals surface area contributed by atoms with Crippen LogP contribution < -0.4 is 13.9 Å². The Hall–Kier alpha value is -2.50. The molecule has 0 radical (unpaired) electrons. The first-order valence-electron chi connectivity index (χ1n) is 7.68. The minimum Gasteiger partial charge on any atom is -0.805 e. The van der Waals surface area contributed by atoms with E-state index in [2.05, 4.69) is 0 Å². The maximum absolute atomic E-state index is 12.9. The fourth-order valence-corrected chi connectivity index (χ4v) is 3.19. The topological polar surface area (TPSA) is 69.4 Å². The number of nitrogens with zero attached hydrogens (tertiary/aromatic N) is 2. The Morgan fingerprint density at radius 1 is 1.17 bits per heavy atom. The van der Waals surface area contributed by atoms with Crippen molar-refractivity contribution in [3.8, 4) is 22.8 Å². The van der Waals surface area contributed by atoms with Crippen molar-refractivity contribution in [1.29, 1.82) is 0 Å². The first kappa shape index (κ1) is 15.4. The molecule has 23 heavy (non-hydrogen) atoms. The van der Waals surface area contributed by atoms with E-state index in [1.807, 2.05) is 0 Å². The molecule has 0 aliphatic heterocycles. The van der Waals surface area contributed by atoms with Gasteiger partial charge in [0.1, 0.15) is 11.5 Å². The molecule has 0 saturated heterocycles. The lowest BCUT2D eigenvalue weighted by Gasteiger charge is -2.23. The predicted octanol–water partition coefficient (Wildman–Crippen LogP) is 2.62. The zero-order valence-electron chi connectivity index (χ0n) is 13.6. The zero-order chi connectivity index (χ0) is 16.6. The molecule has 3 rings (SSSR count). The molecule has 0 bridgehead atoms. The van der Waals surface area contributed by atoms with E-state index in [0.29, 0.717) is 52.7 Å². The smallest absolute Gasteiger partial charge is 0.292 e. The molecule has 0 spiro atoms. The number of methoxy groups -OCH3 is 2. The fraction of sp³-hybridized carbons (Fsp3) is 0.412. The number of fused-ring (bicyclic) bond motifs is 1. The second kappa shape index (κ2) is 5.95. The number of aromatic nitrogens is 2. The average Bonchev–Trinajstić information content (AvgIpc) is 2.60. The summed E-state index contributed by atoms with van der Waals surface area (Å²) in [5.41, 5.74) is 2.44. The summed E-state index contributed by atoms with van der Waals surface area (Å²) in [5, 5.41) is 12.6. The summed E-state index contributed by atoms with van der Waals surface area (Å²) in [5.74, 6) is 1.14. The van der Waals surface area contributed by atoms with Gasteiger partial charge < -0.3 is 19.4 Å². The highest BCUT2D eigenvalue weighted by Crippen LogP contribution is 2.34. The van der Waals surface area contributed by atoms with Crippen molar-refractivity contribution >= 4 is 0 Å². The third-order valence-electron chi connectivity index (χ3n) is 4.41. The van der Waals surface area contributed by atoms with Crippen LogP contribution >= 0.6 is 0 Å². The van der Waals surface area contributed by atoms with E-state index in [9.17, 15) is 10.1 Å². The zero-order valence-corrected chi connectivity index (χ0v) is 13.6. The number of benzene rings is 1. The average molecular weight is 316 g/mol. The van der Waals surface area contributed by atoms with E-state index < -0.39 is 0 Å². The molecule has 0 atom stereocenters. The second-order valence-electron chi connectivity index (χ2n) is 5.69. The molecular weight excluding hydrogens is 296 g/mol. The van der Waals surface area contributed by atoms with Crippen LogP contribution in [0.4, 0.5) is 0 Å². The summed E-state index contributed by atoms with van der Waals surface area (Å²) in [4.78, 5) is 12.9. The summed E-state index contributed by atoms with van der Waals surface area (Å²) < 4.78 is 12.4. The quantitative estimate of drug-likeness (QED) is 0.816. The standard InChI is InChI=1S/C17H20N2O4/c1-11-17(13-10-12(22-2)8-9-16(13)23-3)19(21)15-7-5-4-6-14(15)18(11)20/h8-10H,4-7H2,1-3H3. The molecule has 0 saturated carbocycles. The molecule has 0 N–H and O–H groups in total. The largest absolute Gasteiger partial charge is 0.805 e. The Morgan fingerprint density at radius 3 is 2.61 bits per heavy atom. The summed E-state index contributed by atoms with van der Waals surface area (Å²) in [6, 6.07) is 5.23. The monoisotopic (exact) mass is 316 g/mol. The van der Waals surface area contributed by atoms with Gasteiger partial charge in [0.05, 0.1) is 35.6 Å². The number of hydrogen-bond donors (Lipinski definition) is 0. The third kappa shape index (κ3) is 2.44. The van der Waals surface area contributed by atoms with Gasteiger partial charge in [0.25, 0.3) is 11.4 Å². The number of rotatable bonds is 3. The molecule has 1 aliphatic rings. The Balaban J connectivity index is 2.33. The minimum absolute atomic E-state index is 0.330. The highest BCUT2D eigenvalue weighted by molar-refractivity contribution is 5.69. The minimum atomic E-state index is 0.330. The van der Waals surface area contributed by atoms with Crippen LogP contribution in [0.25, 0.3) is 11.3 Å². The van der Waals surface area contributed by atoms with Crippen molar-refractivity contribution in [2.45, 2.75) is 32.6 Å². The van der Waals surface area contributed by atoms with Crippen molar-refractivity contribution in [3.63, 3.8) is 0 Å². The van der Waals surface area contributed by atoms with Gasteiger partial charge in [-0.2, -0.15) is 0 Å². The molecule has 2 aromatic rings. The van der Waals surface area contributed by atoms with Crippen LogP contribution in [0.3, 0.4) is 0 Å². The summed E-state index contributed by atoms with van der Waals surface area (Å²) >= 11 is 0. The molecule has 1 aromatic heterocycles. The first-order chi connectivity index (χ1) is 11.1. The van der Waals surface area contributed by atoms with Crippen LogP contribution in [0.2, 0.25) is 0 Å². The van der Waals surface area contributed by atoms with Crippen molar-refractivity contribution in [2.75, 3.05) is 14.2 Å². The highest BCUT2D eigenvalue weighted by Gasteiger charge is 2.30. The molecule has 1 aliphatic carbocycles. The van der Waals surface area contributed by atoms with E-state index in [4.69, 9.17) is 9.47 Å². The van der Waals surface area contributed by atoms with Crippen molar-refractivity contribution in [2.24, 2.45) is 0 Å². The Bertz CT molecular complexity index is 811. The van der Waals surface area contributed by atoms with E-state index in [1.165, 1.54) is 0 Å². The van der Waals surface area contributed by atoms with Gasteiger partial charge in [-0.05, 0) is 44.4 Å². The Labute approximate surface area is 134 Å². The summed E-state index contributed by atoms with van der Waals surface area (Å²) in [6.07, 6.45) is 3.14. The lowest BCUT2D eigenvalue weighted by atomic mass is 9.98. The van der Waals surface area contributed by atoms with Gasteiger partial charge in [-0.15, -0.1) is 0 Å². The lowest BCUT2D eigenvalue weighted by molar-refractivity contribution is -0.495. The van der Waals surface area contributed by atoms with Crippen LogP contribution in [0.5, 0.6) is 11.5 Å². The van der Waals surface area contributed by atoms with Gasteiger partial charge >= 0.3 is 0 Å². The fourth-order valence-electron chi connectivity index (χ4n) is 3.19. The SMILES string of the molecule is COc1ccc(OC)c(-c2c(C)n([O-])c3c([n+]2=O)CCCC3)c1. The van der Waals surface area contributed by atoms with Gasteiger partial charge in [-0.25, -0.2) is 0 Å². The summed E-state index contributed by atoms with van der Waals surface area (Å²) in [6.45, 7) is 1.67. The molecule has 6 nitrogen and oxygen atoms in total. The van der Waals surface area contributed by atoms with E-state index in [-0.39, 0.29) is 0 Å². The van der Waals surface area contributed by atoms with Gasteiger partial charge in [-0.1, -0.05) is 0 Å². The predicted molar refractivity (Wildman–Crippen MR) is 86.5 cm³/mol. The van der Waals surface area contributed by atoms with Crippen LogP contribution in [0.1, 0.15) is 29.9 Å². The number of hydrogen-bond acceptors (Lipinski definition) is 4. The third-order valence-corrected chi connectivity index (χ3v) is 4.41. The van der Waals surface area contributed by atoms with Crippen LogP contribution in [0.15, 0.2) is 18.2 Å². The lowest BCUT2D eigenvalue weighted by Crippen LogP contribution is -2.33. The van der Waals surface area contributed by atoms with Gasteiger partial charge in [0.15, 0.2) is 0 Å². The molecule has 0 unspecified atom stereocenters.